The Morgan fingerprint density at radius 1 is 0.704 bits per heavy atom. The standard InChI is InChI=1S/C48H46N4O2/c1-31-20-21-43-41(24-31)40-18-13-23-50-46(40)52(43)37-28-36(48(2,3)4)29-39(30-37)53-38-26-34(42-19-11-12-22-49-42)25-35(27-38)47-51-44(32-14-7-5-8-15-32)45(54-47)33-16-9-6-10-17-33/h6,9-13,16-30,32,44-45H,5,7-8,14-15H2,1-4H3/t44-,45-/m1/s1. The number of aliphatic imine (C=N–C) groups is 1. The van der Waals surface area contributed by atoms with Crippen LogP contribution >= 0.6 is 0 Å². The highest BCUT2D eigenvalue weighted by molar-refractivity contribution is 6.08. The third kappa shape index (κ3) is 6.55. The molecule has 0 radical (unpaired) electrons. The van der Waals surface area contributed by atoms with Gasteiger partial charge >= 0.3 is 0 Å². The lowest BCUT2D eigenvalue weighted by Gasteiger charge is -2.28. The van der Waals surface area contributed by atoms with Crippen molar-refractivity contribution in [3.05, 3.63) is 150 Å². The molecule has 3 aromatic heterocycles. The van der Waals surface area contributed by atoms with Crippen LogP contribution in [0.3, 0.4) is 0 Å². The molecule has 9 rings (SSSR count). The van der Waals surface area contributed by atoms with Gasteiger partial charge in [0.2, 0.25) is 5.90 Å². The van der Waals surface area contributed by atoms with Crippen LogP contribution in [-0.2, 0) is 10.2 Å². The fourth-order valence-corrected chi connectivity index (χ4v) is 8.33. The number of fused-ring (bicyclic) bond motifs is 3. The molecule has 1 aliphatic heterocycles. The van der Waals surface area contributed by atoms with Crippen molar-refractivity contribution in [2.24, 2.45) is 10.9 Å². The lowest BCUT2D eigenvalue weighted by atomic mass is 9.81. The van der Waals surface area contributed by atoms with E-state index in [1.165, 1.54) is 54.2 Å². The van der Waals surface area contributed by atoms with Crippen LogP contribution in [0.15, 0.2) is 133 Å². The number of hydrogen-bond donors (Lipinski definition) is 0. The second-order valence-electron chi connectivity index (χ2n) is 16.0. The Kier molecular flexibility index (Phi) is 8.77. The zero-order chi connectivity index (χ0) is 36.8. The molecule has 1 aliphatic carbocycles. The van der Waals surface area contributed by atoms with Gasteiger partial charge in [0, 0.05) is 40.4 Å². The van der Waals surface area contributed by atoms with Crippen LogP contribution in [0.25, 0.3) is 38.9 Å². The van der Waals surface area contributed by atoms with Gasteiger partial charge < -0.3 is 9.47 Å². The van der Waals surface area contributed by atoms with E-state index in [0.29, 0.717) is 17.6 Å². The van der Waals surface area contributed by atoms with Crippen molar-refractivity contribution < 1.29 is 9.47 Å². The van der Waals surface area contributed by atoms with Crippen molar-refractivity contribution in [3.63, 3.8) is 0 Å². The first-order valence-corrected chi connectivity index (χ1v) is 19.3. The summed E-state index contributed by atoms with van der Waals surface area (Å²) in [5.41, 5.74) is 9.16. The van der Waals surface area contributed by atoms with E-state index >= 15 is 0 Å². The van der Waals surface area contributed by atoms with Gasteiger partial charge in [0.05, 0.1) is 22.9 Å². The summed E-state index contributed by atoms with van der Waals surface area (Å²) < 4.78 is 16.1. The molecule has 6 heteroatoms. The lowest BCUT2D eigenvalue weighted by Crippen LogP contribution is -2.25. The molecule has 270 valence electrons. The fourth-order valence-electron chi connectivity index (χ4n) is 8.33. The summed E-state index contributed by atoms with van der Waals surface area (Å²) in [6.07, 6.45) is 9.75. The van der Waals surface area contributed by atoms with E-state index in [1.807, 2.05) is 36.7 Å². The molecule has 6 nitrogen and oxygen atoms in total. The maximum Gasteiger partial charge on any atom is 0.217 e. The molecule has 1 fully saturated rings. The molecule has 1 saturated carbocycles. The van der Waals surface area contributed by atoms with Crippen molar-refractivity contribution in [1.82, 2.24) is 14.5 Å². The molecule has 54 heavy (non-hydrogen) atoms. The largest absolute Gasteiger partial charge is 0.467 e. The second kappa shape index (κ2) is 13.9. The number of nitrogens with zero attached hydrogens (tertiary/aromatic N) is 4. The quantitative estimate of drug-likeness (QED) is 0.165. The molecule has 0 spiro atoms. The van der Waals surface area contributed by atoms with Crippen LogP contribution in [0.2, 0.25) is 0 Å². The molecular weight excluding hydrogens is 665 g/mol. The number of ether oxygens (including phenoxy) is 2. The minimum absolute atomic E-state index is 0.0696. The molecule has 0 bridgehead atoms. The molecule has 0 amide bonds. The van der Waals surface area contributed by atoms with Gasteiger partial charge in [-0.05, 0) is 109 Å². The van der Waals surface area contributed by atoms with Crippen LogP contribution in [-0.4, -0.2) is 26.5 Å². The molecule has 0 N–H and O–H groups in total. The number of hydrogen-bond acceptors (Lipinski definition) is 5. The van der Waals surface area contributed by atoms with Crippen molar-refractivity contribution in [3.8, 4) is 28.4 Å². The topological polar surface area (TPSA) is 61.5 Å². The van der Waals surface area contributed by atoms with Crippen molar-refractivity contribution in [1.29, 1.82) is 0 Å². The first kappa shape index (κ1) is 34.0. The number of pyridine rings is 2. The van der Waals surface area contributed by atoms with E-state index in [0.717, 1.165) is 44.8 Å². The molecular formula is C48H46N4O2. The molecule has 0 saturated heterocycles. The van der Waals surface area contributed by atoms with Gasteiger partial charge in [-0.1, -0.05) is 88.1 Å². The number of benzene rings is 4. The minimum atomic E-state index is -0.134. The number of rotatable bonds is 7. The van der Waals surface area contributed by atoms with E-state index in [9.17, 15) is 0 Å². The Balaban J connectivity index is 1.16. The molecule has 2 atom stereocenters. The Morgan fingerprint density at radius 2 is 1.48 bits per heavy atom. The van der Waals surface area contributed by atoms with Crippen LogP contribution in [0.1, 0.15) is 81.2 Å². The zero-order valence-electron chi connectivity index (χ0n) is 31.5. The first-order chi connectivity index (χ1) is 26.3. The van der Waals surface area contributed by atoms with Gasteiger partial charge in [0.15, 0.2) is 0 Å². The summed E-state index contributed by atoms with van der Waals surface area (Å²) >= 11 is 0. The summed E-state index contributed by atoms with van der Waals surface area (Å²) in [6.45, 7) is 8.86. The second-order valence-corrected chi connectivity index (χ2v) is 16.0. The van der Waals surface area contributed by atoms with Crippen LogP contribution in [0.5, 0.6) is 11.5 Å². The summed E-state index contributed by atoms with van der Waals surface area (Å²) in [5.74, 6) is 2.60. The predicted octanol–water partition coefficient (Wildman–Crippen LogP) is 12.1. The van der Waals surface area contributed by atoms with Crippen LogP contribution < -0.4 is 4.74 Å². The van der Waals surface area contributed by atoms with Gasteiger partial charge in [-0.25, -0.2) is 9.98 Å². The third-order valence-electron chi connectivity index (χ3n) is 11.1. The summed E-state index contributed by atoms with van der Waals surface area (Å²) in [7, 11) is 0. The fraction of sp³-hybridized carbons (Fsp3) is 0.271. The maximum absolute atomic E-state index is 6.94. The van der Waals surface area contributed by atoms with E-state index in [4.69, 9.17) is 24.4 Å². The molecule has 2 aliphatic rings. The molecule has 7 aromatic rings. The van der Waals surface area contributed by atoms with Crippen molar-refractivity contribution in [2.45, 2.75) is 77.4 Å². The number of aryl methyl sites for hydroxylation is 1. The van der Waals surface area contributed by atoms with Crippen molar-refractivity contribution in [2.75, 3.05) is 0 Å². The SMILES string of the molecule is Cc1ccc2c(c1)c1cccnc1n2-c1cc(Oc2cc(C3=N[C@H](C4CCCCC4)[C@@H](c4ccccc4)O3)cc(-c3ccccn3)c2)cc(C(C)(C)C)c1. The van der Waals surface area contributed by atoms with Gasteiger partial charge in [-0.15, -0.1) is 0 Å². The Labute approximate surface area is 317 Å². The smallest absolute Gasteiger partial charge is 0.217 e. The summed E-state index contributed by atoms with van der Waals surface area (Å²) in [5, 5.41) is 2.32. The lowest BCUT2D eigenvalue weighted by molar-refractivity contribution is 0.150. The predicted molar refractivity (Wildman–Crippen MR) is 219 cm³/mol. The average Bonchev–Trinajstić information content (AvgIpc) is 3.79. The Hall–Kier alpha value is -5.75. The van der Waals surface area contributed by atoms with Gasteiger partial charge in [0.1, 0.15) is 23.3 Å². The normalized spacial score (nSPS) is 17.8. The molecule has 4 aromatic carbocycles. The van der Waals surface area contributed by atoms with Gasteiger partial charge in [-0.3, -0.25) is 9.55 Å². The summed E-state index contributed by atoms with van der Waals surface area (Å²) in [6, 6.07) is 40.3. The molecule has 4 heterocycles. The monoisotopic (exact) mass is 710 g/mol. The first-order valence-electron chi connectivity index (χ1n) is 19.3. The molecule has 0 unspecified atom stereocenters. The number of aromatic nitrogens is 3. The van der Waals surface area contributed by atoms with Crippen LogP contribution in [0.4, 0.5) is 0 Å². The van der Waals surface area contributed by atoms with Crippen LogP contribution in [0, 0.1) is 12.8 Å². The zero-order valence-corrected chi connectivity index (χ0v) is 31.5. The van der Waals surface area contributed by atoms with E-state index in [2.05, 4.69) is 123 Å². The van der Waals surface area contributed by atoms with E-state index in [-0.39, 0.29) is 17.6 Å². The highest BCUT2D eigenvalue weighted by Crippen LogP contribution is 2.42. The third-order valence-corrected chi connectivity index (χ3v) is 11.1. The summed E-state index contributed by atoms with van der Waals surface area (Å²) in [4.78, 5) is 15.0. The highest BCUT2D eigenvalue weighted by Gasteiger charge is 2.39. The Morgan fingerprint density at radius 3 is 2.28 bits per heavy atom. The average molecular weight is 711 g/mol. The van der Waals surface area contributed by atoms with Gasteiger partial charge in [-0.2, -0.15) is 0 Å². The van der Waals surface area contributed by atoms with E-state index in [1.54, 1.807) is 0 Å². The maximum atomic E-state index is 6.94. The minimum Gasteiger partial charge on any atom is -0.467 e. The Bertz CT molecular complexity index is 2490. The van der Waals surface area contributed by atoms with Gasteiger partial charge in [0.25, 0.3) is 0 Å². The van der Waals surface area contributed by atoms with Crippen molar-refractivity contribution >= 4 is 27.8 Å². The van der Waals surface area contributed by atoms with E-state index < -0.39 is 0 Å². The highest BCUT2D eigenvalue weighted by atomic mass is 16.5.